The third-order valence-corrected chi connectivity index (χ3v) is 10.4. The van der Waals surface area contributed by atoms with Gasteiger partial charge in [-0.05, 0) is 104 Å². The van der Waals surface area contributed by atoms with E-state index in [1.807, 2.05) is 44.4 Å². The first-order valence-electron chi connectivity index (χ1n) is 17.7. The van der Waals surface area contributed by atoms with Crippen LogP contribution in [0.1, 0.15) is 94.1 Å². The number of nitrogens with zero attached hydrogens (tertiary/aromatic N) is 2. The highest BCUT2D eigenvalue weighted by Crippen LogP contribution is 2.40. The maximum Gasteiger partial charge on any atom is 0.251 e. The van der Waals surface area contributed by atoms with Gasteiger partial charge in [0.05, 0.1) is 5.54 Å². The summed E-state index contributed by atoms with van der Waals surface area (Å²) in [6, 6.07) is 31.2. The number of nitrogens with one attached hydrogen (secondary N) is 2. The van der Waals surface area contributed by atoms with Crippen molar-refractivity contribution in [3.8, 4) is 11.1 Å². The molecule has 1 fully saturated rings. The van der Waals surface area contributed by atoms with Crippen LogP contribution in [-0.2, 0) is 12.1 Å². The van der Waals surface area contributed by atoms with E-state index in [1.165, 1.54) is 27.9 Å². The van der Waals surface area contributed by atoms with Crippen LogP contribution in [0.4, 0.5) is 0 Å². The molecule has 0 atom stereocenters. The molecule has 2 N–H and O–H groups in total. The number of carbonyl (C=O) groups excluding carboxylic acids is 2. The van der Waals surface area contributed by atoms with Gasteiger partial charge in [0.25, 0.3) is 11.8 Å². The van der Waals surface area contributed by atoms with Crippen molar-refractivity contribution in [3.63, 3.8) is 0 Å². The highest BCUT2D eigenvalue weighted by Gasteiger charge is 2.37. The molecule has 1 aliphatic rings. The maximum atomic E-state index is 13.9. The molecule has 0 unspecified atom stereocenters. The first-order chi connectivity index (χ1) is 23.6. The molecule has 0 bridgehead atoms. The van der Waals surface area contributed by atoms with E-state index in [4.69, 9.17) is 0 Å². The second kappa shape index (κ2) is 14.4. The number of carbonyl (C=O) groups is 2. The zero-order valence-corrected chi connectivity index (χ0v) is 29.9. The van der Waals surface area contributed by atoms with E-state index in [0.29, 0.717) is 30.1 Å². The molecule has 0 radical (unpaired) electrons. The van der Waals surface area contributed by atoms with Crippen molar-refractivity contribution in [3.05, 3.63) is 130 Å². The summed E-state index contributed by atoms with van der Waals surface area (Å²) in [5.74, 6) is 0.377. The van der Waals surface area contributed by atoms with Crippen molar-refractivity contribution in [2.45, 2.75) is 71.4 Å². The number of aryl methyl sites for hydroxylation is 1. The maximum absolute atomic E-state index is 13.9. The van der Waals surface area contributed by atoms with E-state index in [-0.39, 0.29) is 17.4 Å². The van der Waals surface area contributed by atoms with Gasteiger partial charge in [0.2, 0.25) is 0 Å². The molecule has 2 amide bonds. The molecule has 5 aromatic rings. The minimum atomic E-state index is -0.323. The van der Waals surface area contributed by atoms with Crippen molar-refractivity contribution in [2.24, 2.45) is 0 Å². The predicted octanol–water partition coefficient (Wildman–Crippen LogP) is 8.59. The number of likely N-dealkylation sites (N-methyl/N-ethyl adjacent to an activating group) is 1. The Labute approximate surface area is 291 Å². The Morgan fingerprint density at radius 3 is 2.31 bits per heavy atom. The molecule has 0 aliphatic heterocycles. The van der Waals surface area contributed by atoms with Crippen LogP contribution >= 0.6 is 0 Å². The lowest BCUT2D eigenvalue weighted by Gasteiger charge is -2.32. The smallest absolute Gasteiger partial charge is 0.251 e. The Bertz CT molecular complexity index is 1960. The van der Waals surface area contributed by atoms with Gasteiger partial charge in [0.1, 0.15) is 0 Å². The summed E-state index contributed by atoms with van der Waals surface area (Å²) in [5.41, 5.74) is 10.2. The average molecular weight is 655 g/mol. The molecule has 1 saturated carbocycles. The lowest BCUT2D eigenvalue weighted by molar-refractivity contribution is 0.0897. The first kappa shape index (κ1) is 34.2. The number of aromatic nitrogens is 1. The van der Waals surface area contributed by atoms with E-state index in [0.717, 1.165) is 54.3 Å². The van der Waals surface area contributed by atoms with Crippen molar-refractivity contribution in [2.75, 3.05) is 27.2 Å². The van der Waals surface area contributed by atoms with E-state index in [1.54, 1.807) is 0 Å². The van der Waals surface area contributed by atoms with Crippen LogP contribution in [0.2, 0.25) is 0 Å². The molecule has 4 aromatic carbocycles. The fourth-order valence-corrected chi connectivity index (χ4v) is 7.34. The quantitative estimate of drug-likeness (QED) is 0.150. The van der Waals surface area contributed by atoms with Crippen molar-refractivity contribution < 1.29 is 9.59 Å². The van der Waals surface area contributed by atoms with Crippen LogP contribution in [0, 0.1) is 13.8 Å². The Hall–Kier alpha value is -4.68. The van der Waals surface area contributed by atoms with Gasteiger partial charge < -0.3 is 20.1 Å². The molecule has 1 heterocycles. The van der Waals surface area contributed by atoms with Crippen LogP contribution in [0.3, 0.4) is 0 Å². The number of fused-ring (bicyclic) bond motifs is 1. The third-order valence-electron chi connectivity index (χ3n) is 10.4. The Kier molecular flexibility index (Phi) is 10.1. The Morgan fingerprint density at radius 1 is 0.857 bits per heavy atom. The van der Waals surface area contributed by atoms with E-state index in [2.05, 4.69) is 108 Å². The van der Waals surface area contributed by atoms with Gasteiger partial charge >= 0.3 is 0 Å². The van der Waals surface area contributed by atoms with Gasteiger partial charge in [-0.3, -0.25) is 9.59 Å². The SMILES string of the molecule is Cc1c(C)n(Cc2ccc(-c3ccccc3C(=O)NCCN(C)C)cc2)c2ccc(C(=O)NC3(c4cccc(C(C)C)c4)CCCC3)cc12. The van der Waals surface area contributed by atoms with E-state index < -0.39 is 0 Å². The van der Waals surface area contributed by atoms with Crippen molar-refractivity contribution in [1.29, 1.82) is 0 Å². The van der Waals surface area contributed by atoms with Crippen LogP contribution in [-0.4, -0.2) is 48.5 Å². The first-order valence-corrected chi connectivity index (χ1v) is 17.7. The summed E-state index contributed by atoms with van der Waals surface area (Å²) in [5, 5.41) is 7.66. The molecule has 0 saturated heterocycles. The fraction of sp³-hybridized carbons (Fsp3) is 0.349. The van der Waals surface area contributed by atoms with Gasteiger partial charge in [-0.15, -0.1) is 0 Å². The third kappa shape index (κ3) is 7.20. The normalized spacial score (nSPS) is 14.1. The highest BCUT2D eigenvalue weighted by molar-refractivity contribution is 6.01. The minimum absolute atomic E-state index is 0.00851. The predicted molar refractivity (Wildman–Crippen MR) is 201 cm³/mol. The zero-order valence-electron chi connectivity index (χ0n) is 29.9. The van der Waals surface area contributed by atoms with Gasteiger partial charge in [0, 0.05) is 47.4 Å². The lowest BCUT2D eigenvalue weighted by atomic mass is 9.85. The molecule has 0 spiro atoms. The average Bonchev–Trinajstić information content (AvgIpc) is 3.67. The number of rotatable bonds is 11. The number of hydrogen-bond acceptors (Lipinski definition) is 3. The molecule has 6 rings (SSSR count). The van der Waals surface area contributed by atoms with Crippen molar-refractivity contribution >= 4 is 22.7 Å². The summed E-state index contributed by atoms with van der Waals surface area (Å²) in [6.07, 6.45) is 4.16. The summed E-state index contributed by atoms with van der Waals surface area (Å²) < 4.78 is 2.34. The Morgan fingerprint density at radius 2 is 1.59 bits per heavy atom. The van der Waals surface area contributed by atoms with Crippen LogP contribution in [0.15, 0.2) is 91.0 Å². The second-order valence-corrected chi connectivity index (χ2v) is 14.4. The molecule has 6 nitrogen and oxygen atoms in total. The number of hydrogen-bond donors (Lipinski definition) is 2. The topological polar surface area (TPSA) is 66.4 Å². The largest absolute Gasteiger partial charge is 0.351 e. The molecule has 1 aliphatic carbocycles. The highest BCUT2D eigenvalue weighted by atomic mass is 16.2. The zero-order chi connectivity index (χ0) is 34.7. The van der Waals surface area contributed by atoms with E-state index in [9.17, 15) is 9.59 Å². The summed E-state index contributed by atoms with van der Waals surface area (Å²) in [7, 11) is 3.99. The Balaban J connectivity index is 1.21. The lowest BCUT2D eigenvalue weighted by Crippen LogP contribution is -2.43. The fourth-order valence-electron chi connectivity index (χ4n) is 7.34. The van der Waals surface area contributed by atoms with Crippen LogP contribution < -0.4 is 10.6 Å². The van der Waals surface area contributed by atoms with Gasteiger partial charge in [0.15, 0.2) is 0 Å². The number of amides is 2. The molecule has 49 heavy (non-hydrogen) atoms. The molecule has 6 heteroatoms. The molecular formula is C43H50N4O2. The number of benzene rings is 4. The summed E-state index contributed by atoms with van der Waals surface area (Å²) in [4.78, 5) is 28.9. The summed E-state index contributed by atoms with van der Waals surface area (Å²) in [6.45, 7) is 10.8. The van der Waals surface area contributed by atoms with E-state index >= 15 is 0 Å². The minimum Gasteiger partial charge on any atom is -0.351 e. The molecule has 254 valence electrons. The van der Waals surface area contributed by atoms with Gasteiger partial charge in [-0.2, -0.15) is 0 Å². The standard InChI is InChI=1S/C43H50N4O2/c1-29(2)34-12-11-13-36(26-34)43(22-9-10-23-43)45-41(48)35-20-21-40-39(27-35)30(3)31(4)47(40)28-32-16-18-33(19-17-32)37-14-7-8-15-38(37)42(49)44-24-25-46(5)6/h7-8,11-21,26-27,29H,9-10,22-25,28H2,1-6H3,(H,44,49)(H,45,48). The van der Waals surface area contributed by atoms with Gasteiger partial charge in [-0.1, -0.05) is 93.4 Å². The van der Waals surface area contributed by atoms with Crippen LogP contribution in [0.25, 0.3) is 22.0 Å². The summed E-state index contributed by atoms with van der Waals surface area (Å²) >= 11 is 0. The second-order valence-electron chi connectivity index (χ2n) is 14.4. The monoisotopic (exact) mass is 654 g/mol. The van der Waals surface area contributed by atoms with Crippen LogP contribution in [0.5, 0.6) is 0 Å². The van der Waals surface area contributed by atoms with Gasteiger partial charge in [-0.25, -0.2) is 0 Å². The molecule has 1 aromatic heterocycles. The molecular weight excluding hydrogens is 604 g/mol. The van der Waals surface area contributed by atoms with Crippen molar-refractivity contribution in [1.82, 2.24) is 20.1 Å².